The highest BCUT2D eigenvalue weighted by atomic mass is 16.6. The number of nitro benzene ring substituents is 1. The van der Waals surface area contributed by atoms with Crippen molar-refractivity contribution in [1.29, 1.82) is 0 Å². The molecule has 0 amide bonds. The van der Waals surface area contributed by atoms with E-state index in [-0.39, 0.29) is 12.1 Å². The molecule has 0 fully saturated rings. The summed E-state index contributed by atoms with van der Waals surface area (Å²) in [7, 11) is 1.76. The number of rotatable bonds is 5. The molecular formula is C11H14N2O4. The normalized spacial score (nSPS) is 10.0. The number of carboxylic acids is 1. The van der Waals surface area contributed by atoms with Crippen molar-refractivity contribution in [3.8, 4) is 0 Å². The minimum Gasteiger partial charge on any atom is -0.481 e. The molecule has 1 aromatic rings. The summed E-state index contributed by atoms with van der Waals surface area (Å²) in [5.41, 5.74) is 1.60. The Kier molecular flexibility index (Phi) is 4.03. The quantitative estimate of drug-likeness (QED) is 0.624. The van der Waals surface area contributed by atoms with E-state index in [2.05, 4.69) is 0 Å². The number of carboxylic acid groups (broad SMARTS) is 1. The summed E-state index contributed by atoms with van der Waals surface area (Å²) < 4.78 is 0. The first-order valence-corrected chi connectivity index (χ1v) is 5.10. The Bertz CT molecular complexity index is 445. The molecule has 0 radical (unpaired) electrons. The summed E-state index contributed by atoms with van der Waals surface area (Å²) in [6.45, 7) is 2.13. The van der Waals surface area contributed by atoms with E-state index >= 15 is 0 Å². The van der Waals surface area contributed by atoms with Crippen LogP contribution in [0.15, 0.2) is 18.2 Å². The highest BCUT2D eigenvalue weighted by molar-refractivity contribution is 5.68. The monoisotopic (exact) mass is 238 g/mol. The second kappa shape index (κ2) is 5.29. The Morgan fingerprint density at radius 1 is 1.53 bits per heavy atom. The summed E-state index contributed by atoms with van der Waals surface area (Å²) >= 11 is 0. The first-order chi connectivity index (χ1) is 7.91. The molecule has 0 spiro atoms. The van der Waals surface area contributed by atoms with Crippen molar-refractivity contribution in [3.05, 3.63) is 33.9 Å². The van der Waals surface area contributed by atoms with Crippen molar-refractivity contribution in [2.24, 2.45) is 0 Å². The Morgan fingerprint density at radius 3 is 2.65 bits per heavy atom. The maximum absolute atomic E-state index is 10.6. The fourth-order valence-electron chi connectivity index (χ4n) is 1.57. The summed E-state index contributed by atoms with van der Waals surface area (Å²) in [5.74, 6) is -0.864. The number of anilines is 1. The van der Waals surface area contributed by atoms with Gasteiger partial charge in [-0.15, -0.1) is 0 Å². The molecular weight excluding hydrogens is 224 g/mol. The van der Waals surface area contributed by atoms with Gasteiger partial charge in [0.2, 0.25) is 0 Å². The van der Waals surface area contributed by atoms with Crippen LogP contribution in [0.1, 0.15) is 12.0 Å². The molecule has 0 saturated heterocycles. The Balaban J connectivity index is 2.84. The zero-order chi connectivity index (χ0) is 13.0. The minimum atomic E-state index is -0.864. The molecule has 0 aliphatic heterocycles. The van der Waals surface area contributed by atoms with Gasteiger partial charge in [0.25, 0.3) is 5.69 Å². The van der Waals surface area contributed by atoms with Crippen LogP contribution in [-0.2, 0) is 4.79 Å². The largest absolute Gasteiger partial charge is 0.481 e. The van der Waals surface area contributed by atoms with E-state index in [9.17, 15) is 14.9 Å². The second-order valence-electron chi connectivity index (χ2n) is 3.79. The van der Waals surface area contributed by atoms with E-state index in [0.717, 1.165) is 11.3 Å². The number of aliphatic carboxylic acids is 1. The van der Waals surface area contributed by atoms with Crippen LogP contribution in [-0.4, -0.2) is 29.6 Å². The van der Waals surface area contributed by atoms with Crippen molar-refractivity contribution in [2.45, 2.75) is 13.3 Å². The van der Waals surface area contributed by atoms with E-state index in [1.54, 1.807) is 24.9 Å². The molecule has 6 heteroatoms. The van der Waals surface area contributed by atoms with Gasteiger partial charge < -0.3 is 10.0 Å². The number of hydrogen-bond acceptors (Lipinski definition) is 4. The van der Waals surface area contributed by atoms with Crippen LogP contribution in [0.4, 0.5) is 11.4 Å². The average molecular weight is 238 g/mol. The van der Waals surface area contributed by atoms with Crippen LogP contribution in [0.2, 0.25) is 0 Å². The SMILES string of the molecule is Cc1cc([N+](=O)[O-])ccc1N(C)CCC(=O)O. The molecule has 1 aromatic carbocycles. The van der Waals surface area contributed by atoms with Crippen molar-refractivity contribution >= 4 is 17.3 Å². The smallest absolute Gasteiger partial charge is 0.305 e. The third kappa shape index (κ3) is 3.44. The molecule has 0 bridgehead atoms. The van der Waals surface area contributed by atoms with Gasteiger partial charge in [0.15, 0.2) is 0 Å². The number of non-ortho nitro benzene ring substituents is 1. The Hall–Kier alpha value is -2.11. The molecule has 1 N–H and O–H groups in total. The molecule has 1 rings (SSSR count). The zero-order valence-corrected chi connectivity index (χ0v) is 9.71. The number of hydrogen-bond donors (Lipinski definition) is 1. The van der Waals surface area contributed by atoms with Crippen molar-refractivity contribution in [1.82, 2.24) is 0 Å². The first kappa shape index (κ1) is 13.0. The van der Waals surface area contributed by atoms with E-state index in [0.29, 0.717) is 6.54 Å². The maximum Gasteiger partial charge on any atom is 0.305 e. The van der Waals surface area contributed by atoms with Gasteiger partial charge in [-0.3, -0.25) is 14.9 Å². The van der Waals surface area contributed by atoms with Crippen LogP contribution >= 0.6 is 0 Å². The highest BCUT2D eigenvalue weighted by Gasteiger charge is 2.11. The van der Waals surface area contributed by atoms with E-state index in [1.807, 2.05) is 0 Å². The molecule has 6 nitrogen and oxygen atoms in total. The number of benzene rings is 1. The van der Waals surface area contributed by atoms with Crippen LogP contribution in [0, 0.1) is 17.0 Å². The van der Waals surface area contributed by atoms with Gasteiger partial charge in [-0.2, -0.15) is 0 Å². The topological polar surface area (TPSA) is 83.7 Å². The summed E-state index contributed by atoms with van der Waals surface area (Å²) in [6, 6.07) is 4.53. The highest BCUT2D eigenvalue weighted by Crippen LogP contribution is 2.23. The zero-order valence-electron chi connectivity index (χ0n) is 9.71. The Labute approximate surface area is 98.6 Å². The minimum absolute atomic E-state index is 0.0347. The van der Waals surface area contributed by atoms with Crippen LogP contribution in [0.3, 0.4) is 0 Å². The van der Waals surface area contributed by atoms with Gasteiger partial charge in [-0.05, 0) is 18.6 Å². The molecule has 0 aliphatic carbocycles. The molecule has 0 unspecified atom stereocenters. The van der Waals surface area contributed by atoms with Crippen molar-refractivity contribution in [2.75, 3.05) is 18.5 Å². The lowest BCUT2D eigenvalue weighted by atomic mass is 10.1. The average Bonchev–Trinajstić information content (AvgIpc) is 2.25. The molecule has 0 heterocycles. The van der Waals surface area contributed by atoms with Gasteiger partial charge in [0, 0.05) is 31.4 Å². The lowest BCUT2D eigenvalue weighted by Crippen LogP contribution is -2.21. The summed E-state index contributed by atoms with van der Waals surface area (Å²) in [4.78, 5) is 22.3. The lowest BCUT2D eigenvalue weighted by molar-refractivity contribution is -0.384. The van der Waals surface area contributed by atoms with Crippen molar-refractivity contribution < 1.29 is 14.8 Å². The van der Waals surface area contributed by atoms with E-state index in [4.69, 9.17) is 5.11 Å². The molecule has 17 heavy (non-hydrogen) atoms. The van der Waals surface area contributed by atoms with Crippen LogP contribution < -0.4 is 4.90 Å². The first-order valence-electron chi connectivity index (χ1n) is 5.10. The Morgan fingerprint density at radius 2 is 2.18 bits per heavy atom. The number of nitro groups is 1. The van der Waals surface area contributed by atoms with Gasteiger partial charge in [-0.1, -0.05) is 0 Å². The van der Waals surface area contributed by atoms with E-state index < -0.39 is 10.9 Å². The summed E-state index contributed by atoms with van der Waals surface area (Å²) in [5, 5.41) is 19.1. The predicted octanol–water partition coefficient (Wildman–Crippen LogP) is 1.81. The lowest BCUT2D eigenvalue weighted by Gasteiger charge is -2.20. The fourth-order valence-corrected chi connectivity index (χ4v) is 1.57. The predicted molar refractivity (Wildman–Crippen MR) is 63.4 cm³/mol. The van der Waals surface area contributed by atoms with Gasteiger partial charge in [0.05, 0.1) is 11.3 Å². The van der Waals surface area contributed by atoms with E-state index in [1.165, 1.54) is 12.1 Å². The van der Waals surface area contributed by atoms with Crippen molar-refractivity contribution in [3.63, 3.8) is 0 Å². The maximum atomic E-state index is 10.6. The standard InChI is InChI=1S/C11H14N2O4/c1-8-7-9(13(16)17)3-4-10(8)12(2)6-5-11(14)15/h3-4,7H,5-6H2,1-2H3,(H,14,15). The van der Waals surface area contributed by atoms with Gasteiger partial charge >= 0.3 is 5.97 Å². The molecule has 92 valence electrons. The second-order valence-corrected chi connectivity index (χ2v) is 3.79. The number of aryl methyl sites for hydroxylation is 1. The number of carbonyl (C=O) groups is 1. The van der Waals surface area contributed by atoms with Gasteiger partial charge in [-0.25, -0.2) is 0 Å². The molecule has 0 aromatic heterocycles. The van der Waals surface area contributed by atoms with Crippen LogP contribution in [0.5, 0.6) is 0 Å². The molecule has 0 saturated carbocycles. The fraction of sp³-hybridized carbons (Fsp3) is 0.364. The molecule has 0 aliphatic rings. The summed E-state index contributed by atoms with van der Waals surface area (Å²) in [6.07, 6.45) is 0.0347. The third-order valence-electron chi connectivity index (χ3n) is 2.46. The van der Waals surface area contributed by atoms with Gasteiger partial charge in [0.1, 0.15) is 0 Å². The molecule has 0 atom stereocenters. The van der Waals surface area contributed by atoms with Crippen LogP contribution in [0.25, 0.3) is 0 Å². The number of nitrogens with zero attached hydrogens (tertiary/aromatic N) is 2. The third-order valence-corrected chi connectivity index (χ3v) is 2.46.